The maximum absolute atomic E-state index is 11.8. The average molecular weight is 252 g/mol. The predicted molar refractivity (Wildman–Crippen MR) is 69.8 cm³/mol. The van der Waals surface area contributed by atoms with E-state index in [-0.39, 0.29) is 5.91 Å². The zero-order valence-electron chi connectivity index (χ0n) is 10.0. The van der Waals surface area contributed by atoms with Crippen LogP contribution in [0, 0.1) is 12.8 Å². The van der Waals surface area contributed by atoms with Gasteiger partial charge in [-0.3, -0.25) is 4.79 Å². The largest absolute Gasteiger partial charge is 0.481 e. The SMILES string of the molecule is COc1ncc(N2CC(CS)CC2=O)cc1C. The molecule has 2 rings (SSSR count). The summed E-state index contributed by atoms with van der Waals surface area (Å²) in [4.78, 5) is 17.8. The molecular weight excluding hydrogens is 236 g/mol. The second kappa shape index (κ2) is 4.96. The van der Waals surface area contributed by atoms with Crippen LogP contribution in [-0.4, -0.2) is 30.3 Å². The Morgan fingerprint density at radius 1 is 1.65 bits per heavy atom. The minimum atomic E-state index is 0.149. The molecule has 0 saturated carbocycles. The third-order valence-electron chi connectivity index (χ3n) is 2.98. The van der Waals surface area contributed by atoms with Gasteiger partial charge in [-0.1, -0.05) is 0 Å². The second-order valence-electron chi connectivity index (χ2n) is 4.28. The molecule has 1 aromatic heterocycles. The van der Waals surface area contributed by atoms with Crippen molar-refractivity contribution in [3.63, 3.8) is 0 Å². The lowest BCUT2D eigenvalue weighted by molar-refractivity contribution is -0.117. The fourth-order valence-corrected chi connectivity index (χ4v) is 2.31. The monoisotopic (exact) mass is 252 g/mol. The number of pyridine rings is 1. The number of ether oxygens (including phenoxy) is 1. The highest BCUT2D eigenvalue weighted by atomic mass is 32.1. The van der Waals surface area contributed by atoms with E-state index in [1.807, 2.05) is 13.0 Å². The van der Waals surface area contributed by atoms with E-state index < -0.39 is 0 Å². The summed E-state index contributed by atoms with van der Waals surface area (Å²) in [5, 5.41) is 0. The van der Waals surface area contributed by atoms with E-state index in [0.717, 1.165) is 23.5 Å². The van der Waals surface area contributed by atoms with E-state index in [1.165, 1.54) is 0 Å². The lowest BCUT2D eigenvalue weighted by atomic mass is 10.1. The number of aromatic nitrogens is 1. The van der Waals surface area contributed by atoms with Gasteiger partial charge in [-0.15, -0.1) is 0 Å². The Kier molecular flexibility index (Phi) is 3.57. The van der Waals surface area contributed by atoms with Gasteiger partial charge in [0.05, 0.1) is 19.0 Å². The molecule has 1 aromatic rings. The van der Waals surface area contributed by atoms with Crippen LogP contribution in [0.4, 0.5) is 5.69 Å². The van der Waals surface area contributed by atoms with Crippen LogP contribution in [0.1, 0.15) is 12.0 Å². The summed E-state index contributed by atoms with van der Waals surface area (Å²) in [7, 11) is 1.59. The number of methoxy groups -OCH3 is 1. The van der Waals surface area contributed by atoms with Crippen LogP contribution in [0.15, 0.2) is 12.3 Å². The molecule has 1 atom stereocenters. The first kappa shape index (κ1) is 12.2. The highest BCUT2D eigenvalue weighted by Crippen LogP contribution is 2.27. The smallest absolute Gasteiger partial charge is 0.227 e. The number of aryl methyl sites for hydroxylation is 1. The first-order chi connectivity index (χ1) is 8.15. The predicted octanol–water partition coefficient (Wildman–Crippen LogP) is 1.68. The quantitative estimate of drug-likeness (QED) is 0.832. The van der Waals surface area contributed by atoms with Gasteiger partial charge in [0, 0.05) is 18.5 Å². The number of amides is 1. The Balaban J connectivity index is 2.23. The third kappa shape index (κ3) is 2.39. The molecule has 1 fully saturated rings. The minimum absolute atomic E-state index is 0.149. The maximum atomic E-state index is 11.8. The summed E-state index contributed by atoms with van der Waals surface area (Å²) in [6.45, 7) is 2.65. The highest BCUT2D eigenvalue weighted by Gasteiger charge is 2.30. The van der Waals surface area contributed by atoms with Crippen molar-refractivity contribution in [1.29, 1.82) is 0 Å². The first-order valence-electron chi connectivity index (χ1n) is 5.57. The zero-order valence-corrected chi connectivity index (χ0v) is 10.9. The summed E-state index contributed by atoms with van der Waals surface area (Å²) >= 11 is 4.25. The summed E-state index contributed by atoms with van der Waals surface area (Å²) in [5.41, 5.74) is 1.78. The van der Waals surface area contributed by atoms with Crippen molar-refractivity contribution < 1.29 is 9.53 Å². The van der Waals surface area contributed by atoms with Gasteiger partial charge in [0.2, 0.25) is 11.8 Å². The molecule has 1 unspecified atom stereocenters. The van der Waals surface area contributed by atoms with Crippen LogP contribution >= 0.6 is 12.6 Å². The molecule has 92 valence electrons. The van der Waals surface area contributed by atoms with E-state index in [0.29, 0.717) is 18.2 Å². The van der Waals surface area contributed by atoms with Crippen molar-refractivity contribution in [2.75, 3.05) is 24.3 Å². The van der Waals surface area contributed by atoms with Crippen LogP contribution < -0.4 is 9.64 Å². The molecule has 1 aliphatic heterocycles. The fourth-order valence-electron chi connectivity index (χ4n) is 2.06. The number of thiol groups is 1. The topological polar surface area (TPSA) is 42.4 Å². The zero-order chi connectivity index (χ0) is 12.4. The first-order valence-corrected chi connectivity index (χ1v) is 6.20. The lowest BCUT2D eigenvalue weighted by Gasteiger charge is -2.17. The molecule has 4 nitrogen and oxygen atoms in total. The van der Waals surface area contributed by atoms with E-state index in [2.05, 4.69) is 17.6 Å². The van der Waals surface area contributed by atoms with Gasteiger partial charge in [0.25, 0.3) is 0 Å². The standard InChI is InChI=1S/C12H16N2O2S/c1-8-3-10(5-13-12(8)16-2)14-6-9(7-17)4-11(14)15/h3,5,9,17H,4,6-7H2,1-2H3. The van der Waals surface area contributed by atoms with Crippen LogP contribution in [0.25, 0.3) is 0 Å². The molecule has 0 aliphatic carbocycles. The lowest BCUT2D eigenvalue weighted by Crippen LogP contribution is -2.24. The van der Waals surface area contributed by atoms with E-state index in [4.69, 9.17) is 4.74 Å². The Morgan fingerprint density at radius 3 is 2.94 bits per heavy atom. The summed E-state index contributed by atoms with van der Waals surface area (Å²) in [5.74, 6) is 1.83. The number of hydrogen-bond donors (Lipinski definition) is 1. The van der Waals surface area contributed by atoms with Gasteiger partial charge in [-0.2, -0.15) is 12.6 Å². The molecule has 1 aliphatic rings. The molecule has 1 saturated heterocycles. The molecule has 17 heavy (non-hydrogen) atoms. The Bertz CT molecular complexity index is 437. The summed E-state index contributed by atoms with van der Waals surface area (Å²) < 4.78 is 5.10. The van der Waals surface area contributed by atoms with Crippen LogP contribution in [-0.2, 0) is 4.79 Å². The summed E-state index contributed by atoms with van der Waals surface area (Å²) in [6, 6.07) is 1.94. The maximum Gasteiger partial charge on any atom is 0.227 e. The van der Waals surface area contributed by atoms with Gasteiger partial charge in [-0.25, -0.2) is 4.98 Å². The Hall–Kier alpha value is -1.23. The van der Waals surface area contributed by atoms with Gasteiger partial charge in [-0.05, 0) is 24.7 Å². The van der Waals surface area contributed by atoms with Crippen molar-refractivity contribution >= 4 is 24.2 Å². The van der Waals surface area contributed by atoms with Crippen LogP contribution in [0.5, 0.6) is 5.88 Å². The third-order valence-corrected chi connectivity index (χ3v) is 3.50. The van der Waals surface area contributed by atoms with E-state index in [1.54, 1.807) is 18.2 Å². The van der Waals surface area contributed by atoms with Gasteiger partial charge < -0.3 is 9.64 Å². The van der Waals surface area contributed by atoms with Crippen molar-refractivity contribution in [1.82, 2.24) is 4.98 Å². The summed E-state index contributed by atoms with van der Waals surface area (Å²) in [6.07, 6.45) is 2.26. The second-order valence-corrected chi connectivity index (χ2v) is 4.64. The van der Waals surface area contributed by atoms with Gasteiger partial charge in [0.1, 0.15) is 0 Å². The van der Waals surface area contributed by atoms with Crippen LogP contribution in [0.2, 0.25) is 0 Å². The normalized spacial score (nSPS) is 19.8. The molecule has 0 N–H and O–H groups in total. The van der Waals surface area contributed by atoms with Crippen molar-refractivity contribution in [3.8, 4) is 5.88 Å². The van der Waals surface area contributed by atoms with E-state index in [9.17, 15) is 4.79 Å². The van der Waals surface area contributed by atoms with E-state index >= 15 is 0 Å². The van der Waals surface area contributed by atoms with Crippen molar-refractivity contribution in [3.05, 3.63) is 17.8 Å². The van der Waals surface area contributed by atoms with Crippen molar-refractivity contribution in [2.24, 2.45) is 5.92 Å². The molecule has 5 heteroatoms. The van der Waals surface area contributed by atoms with Gasteiger partial charge >= 0.3 is 0 Å². The number of carbonyl (C=O) groups is 1. The number of rotatable bonds is 3. The minimum Gasteiger partial charge on any atom is -0.481 e. The number of anilines is 1. The van der Waals surface area contributed by atoms with Crippen LogP contribution in [0.3, 0.4) is 0 Å². The Morgan fingerprint density at radius 2 is 2.41 bits per heavy atom. The molecule has 0 bridgehead atoms. The number of carbonyl (C=O) groups excluding carboxylic acids is 1. The molecular formula is C12H16N2O2S. The Labute approximate surface area is 106 Å². The molecule has 1 amide bonds. The molecule has 0 radical (unpaired) electrons. The van der Waals surface area contributed by atoms with Gasteiger partial charge in [0.15, 0.2) is 0 Å². The molecule has 0 aromatic carbocycles. The molecule has 2 heterocycles. The number of hydrogen-bond acceptors (Lipinski definition) is 4. The highest BCUT2D eigenvalue weighted by molar-refractivity contribution is 7.80. The fraction of sp³-hybridized carbons (Fsp3) is 0.500. The number of nitrogens with zero attached hydrogens (tertiary/aromatic N) is 2. The average Bonchev–Trinajstić information content (AvgIpc) is 2.70. The van der Waals surface area contributed by atoms with Crippen molar-refractivity contribution in [2.45, 2.75) is 13.3 Å². The molecule has 0 spiro atoms.